The van der Waals surface area contributed by atoms with E-state index in [0.717, 1.165) is 12.5 Å². The van der Waals surface area contributed by atoms with Crippen molar-refractivity contribution in [2.45, 2.75) is 19.4 Å². The molecule has 2 aromatic rings. The summed E-state index contributed by atoms with van der Waals surface area (Å²) in [6.45, 7) is 3.49. The molecule has 1 fully saturated rings. The maximum Gasteiger partial charge on any atom is 0.0352 e. The second-order valence-electron chi connectivity index (χ2n) is 4.77. The van der Waals surface area contributed by atoms with E-state index in [1.807, 2.05) is 0 Å². The fourth-order valence-electron chi connectivity index (χ4n) is 2.77. The highest BCUT2D eigenvalue weighted by molar-refractivity contribution is 5.86. The van der Waals surface area contributed by atoms with Gasteiger partial charge in [-0.05, 0) is 35.2 Å². The van der Waals surface area contributed by atoms with Gasteiger partial charge in [-0.2, -0.15) is 0 Å². The van der Waals surface area contributed by atoms with Crippen molar-refractivity contribution < 1.29 is 0 Å². The Morgan fingerprint density at radius 1 is 1.06 bits per heavy atom. The largest absolute Gasteiger partial charge is 0.310 e. The van der Waals surface area contributed by atoms with Crippen LogP contribution < -0.4 is 5.32 Å². The number of nitrogens with one attached hydrogen (secondary N) is 1. The third-order valence-corrected chi connectivity index (χ3v) is 3.69. The summed E-state index contributed by atoms with van der Waals surface area (Å²) in [6.07, 6.45) is 1.29. The Balaban J connectivity index is 2.16. The topological polar surface area (TPSA) is 12.0 Å². The molecule has 1 saturated heterocycles. The molecular weight excluding hydrogens is 194 g/mol. The second-order valence-corrected chi connectivity index (χ2v) is 4.77. The number of benzene rings is 2. The Hall–Kier alpha value is -1.34. The SMILES string of the molecule is CC1CCNC1c1cccc2ccccc12. The van der Waals surface area contributed by atoms with Crippen molar-refractivity contribution >= 4 is 10.8 Å². The van der Waals surface area contributed by atoms with Gasteiger partial charge in [0.2, 0.25) is 0 Å². The van der Waals surface area contributed by atoms with E-state index in [1.165, 1.54) is 22.8 Å². The zero-order valence-corrected chi connectivity index (χ0v) is 9.61. The first kappa shape index (κ1) is 9.86. The molecular formula is C15H17N. The molecule has 0 aromatic heterocycles. The summed E-state index contributed by atoms with van der Waals surface area (Å²) in [5.41, 5.74) is 1.46. The molecule has 1 N–H and O–H groups in total. The molecule has 2 unspecified atom stereocenters. The van der Waals surface area contributed by atoms with Crippen LogP contribution in [-0.2, 0) is 0 Å². The average molecular weight is 211 g/mol. The Kier molecular flexibility index (Phi) is 2.41. The van der Waals surface area contributed by atoms with Gasteiger partial charge in [0.1, 0.15) is 0 Å². The van der Waals surface area contributed by atoms with Crippen LogP contribution >= 0.6 is 0 Å². The number of hydrogen-bond acceptors (Lipinski definition) is 1. The third kappa shape index (κ3) is 1.52. The van der Waals surface area contributed by atoms with Crippen LogP contribution in [0.5, 0.6) is 0 Å². The minimum atomic E-state index is 0.533. The quantitative estimate of drug-likeness (QED) is 0.761. The zero-order valence-electron chi connectivity index (χ0n) is 9.61. The van der Waals surface area contributed by atoms with Gasteiger partial charge < -0.3 is 5.32 Å². The predicted octanol–water partition coefficient (Wildman–Crippen LogP) is 3.51. The first-order chi connectivity index (χ1) is 7.86. The summed E-state index contributed by atoms with van der Waals surface area (Å²) in [7, 11) is 0. The summed E-state index contributed by atoms with van der Waals surface area (Å²) < 4.78 is 0. The second kappa shape index (κ2) is 3.91. The van der Waals surface area contributed by atoms with Crippen LogP contribution in [0.25, 0.3) is 10.8 Å². The lowest BCUT2D eigenvalue weighted by molar-refractivity contribution is 0.507. The van der Waals surface area contributed by atoms with E-state index in [9.17, 15) is 0 Å². The highest BCUT2D eigenvalue weighted by atomic mass is 14.9. The minimum Gasteiger partial charge on any atom is -0.310 e. The molecule has 1 heteroatoms. The Morgan fingerprint density at radius 2 is 1.88 bits per heavy atom. The van der Waals surface area contributed by atoms with Crippen LogP contribution in [0.4, 0.5) is 0 Å². The van der Waals surface area contributed by atoms with E-state index in [1.54, 1.807) is 0 Å². The molecule has 2 atom stereocenters. The van der Waals surface area contributed by atoms with Gasteiger partial charge in [-0.1, -0.05) is 49.4 Å². The van der Waals surface area contributed by atoms with E-state index < -0.39 is 0 Å². The van der Waals surface area contributed by atoms with Gasteiger partial charge in [-0.25, -0.2) is 0 Å². The van der Waals surface area contributed by atoms with Crippen LogP contribution in [0.3, 0.4) is 0 Å². The van der Waals surface area contributed by atoms with Gasteiger partial charge in [-0.3, -0.25) is 0 Å². The van der Waals surface area contributed by atoms with E-state index in [0.29, 0.717) is 6.04 Å². The summed E-state index contributed by atoms with van der Waals surface area (Å²) in [5.74, 6) is 0.741. The van der Waals surface area contributed by atoms with Crippen molar-refractivity contribution in [3.63, 3.8) is 0 Å². The molecule has 0 spiro atoms. The van der Waals surface area contributed by atoms with Crippen molar-refractivity contribution in [1.29, 1.82) is 0 Å². The van der Waals surface area contributed by atoms with Crippen molar-refractivity contribution in [2.75, 3.05) is 6.54 Å². The fraction of sp³-hybridized carbons (Fsp3) is 0.333. The average Bonchev–Trinajstić information content (AvgIpc) is 2.75. The van der Waals surface area contributed by atoms with Gasteiger partial charge in [0, 0.05) is 6.04 Å². The smallest absolute Gasteiger partial charge is 0.0352 e. The lowest BCUT2D eigenvalue weighted by Crippen LogP contribution is -2.16. The van der Waals surface area contributed by atoms with Gasteiger partial charge in [-0.15, -0.1) is 0 Å². The standard InChI is InChI=1S/C15H17N/c1-11-9-10-16-15(11)14-8-4-6-12-5-2-3-7-13(12)14/h2-8,11,15-16H,9-10H2,1H3. The van der Waals surface area contributed by atoms with E-state index in [-0.39, 0.29) is 0 Å². The van der Waals surface area contributed by atoms with Gasteiger partial charge in [0.25, 0.3) is 0 Å². The lowest BCUT2D eigenvalue weighted by atomic mass is 9.92. The van der Waals surface area contributed by atoms with Crippen LogP contribution in [0.15, 0.2) is 42.5 Å². The third-order valence-electron chi connectivity index (χ3n) is 3.69. The van der Waals surface area contributed by atoms with Gasteiger partial charge in [0.05, 0.1) is 0 Å². The Bertz CT molecular complexity index is 498. The zero-order chi connectivity index (χ0) is 11.0. The molecule has 0 radical (unpaired) electrons. The maximum atomic E-state index is 3.61. The van der Waals surface area contributed by atoms with Crippen molar-refractivity contribution in [3.8, 4) is 0 Å². The Morgan fingerprint density at radius 3 is 2.69 bits per heavy atom. The van der Waals surface area contributed by atoms with Gasteiger partial charge in [0.15, 0.2) is 0 Å². The summed E-state index contributed by atoms with van der Waals surface area (Å²) >= 11 is 0. The van der Waals surface area contributed by atoms with E-state index >= 15 is 0 Å². The first-order valence-corrected chi connectivity index (χ1v) is 6.07. The normalized spacial score (nSPS) is 25.1. The Labute approximate surface area is 96.5 Å². The van der Waals surface area contributed by atoms with Gasteiger partial charge >= 0.3 is 0 Å². The van der Waals surface area contributed by atoms with Crippen LogP contribution in [0.1, 0.15) is 24.9 Å². The van der Waals surface area contributed by atoms with Crippen molar-refractivity contribution in [1.82, 2.24) is 5.32 Å². The summed E-state index contributed by atoms with van der Waals surface area (Å²) in [5, 5.41) is 6.36. The molecule has 0 saturated carbocycles. The highest BCUT2D eigenvalue weighted by Crippen LogP contribution is 2.33. The van der Waals surface area contributed by atoms with E-state index in [4.69, 9.17) is 0 Å². The predicted molar refractivity (Wildman–Crippen MR) is 68.5 cm³/mol. The summed E-state index contributed by atoms with van der Waals surface area (Å²) in [6, 6.07) is 15.8. The molecule has 82 valence electrons. The fourth-order valence-corrected chi connectivity index (χ4v) is 2.77. The van der Waals surface area contributed by atoms with Crippen LogP contribution in [-0.4, -0.2) is 6.54 Å². The minimum absolute atomic E-state index is 0.533. The molecule has 3 rings (SSSR count). The van der Waals surface area contributed by atoms with Crippen molar-refractivity contribution in [3.05, 3.63) is 48.0 Å². The van der Waals surface area contributed by atoms with Crippen LogP contribution in [0.2, 0.25) is 0 Å². The molecule has 1 nitrogen and oxygen atoms in total. The molecule has 1 heterocycles. The number of hydrogen-bond donors (Lipinski definition) is 1. The van der Waals surface area contributed by atoms with Crippen LogP contribution in [0, 0.1) is 5.92 Å². The maximum absolute atomic E-state index is 3.61. The molecule has 16 heavy (non-hydrogen) atoms. The van der Waals surface area contributed by atoms with Crippen molar-refractivity contribution in [2.24, 2.45) is 5.92 Å². The highest BCUT2D eigenvalue weighted by Gasteiger charge is 2.25. The van der Waals surface area contributed by atoms with E-state index in [2.05, 4.69) is 54.7 Å². The number of rotatable bonds is 1. The molecule has 0 amide bonds. The monoisotopic (exact) mass is 211 g/mol. The lowest BCUT2D eigenvalue weighted by Gasteiger charge is -2.18. The number of fused-ring (bicyclic) bond motifs is 1. The molecule has 1 aliphatic rings. The summed E-state index contributed by atoms with van der Waals surface area (Å²) in [4.78, 5) is 0. The molecule has 0 aliphatic carbocycles. The molecule has 1 aliphatic heterocycles. The first-order valence-electron chi connectivity index (χ1n) is 6.07. The molecule has 0 bridgehead atoms. The molecule has 2 aromatic carbocycles.